The van der Waals surface area contributed by atoms with Crippen LogP contribution in [0.5, 0.6) is 0 Å². The van der Waals surface area contributed by atoms with E-state index in [1.807, 2.05) is 13.8 Å². The fraction of sp³-hybridized carbons (Fsp3) is 0.769. The van der Waals surface area contributed by atoms with Gasteiger partial charge in [-0.3, -0.25) is 0 Å². The number of carbonyl (C=O) groups is 1. The van der Waals surface area contributed by atoms with Crippen LogP contribution in [-0.4, -0.2) is 20.7 Å². The third-order valence-corrected chi connectivity index (χ3v) is 8.11. The molecule has 0 aliphatic heterocycles. The van der Waals surface area contributed by atoms with Crippen LogP contribution in [0.2, 0.25) is 18.1 Å². The summed E-state index contributed by atoms with van der Waals surface area (Å²) in [6, 6.07) is 0. The third kappa shape index (κ3) is 3.87. The molecule has 0 aromatic rings. The number of carbonyl (C=O) groups excluding carboxylic acids is 1. The molecule has 0 saturated carbocycles. The van der Waals surface area contributed by atoms with E-state index in [0.717, 1.165) is 11.9 Å². The molecule has 0 fully saturated rings. The lowest BCUT2D eigenvalue weighted by molar-refractivity contribution is -0.115. The van der Waals surface area contributed by atoms with Crippen molar-refractivity contribution in [1.29, 1.82) is 0 Å². The van der Waals surface area contributed by atoms with Gasteiger partial charge in [0.1, 0.15) is 12.4 Å². The van der Waals surface area contributed by atoms with Gasteiger partial charge in [0, 0.05) is 5.92 Å². The molecule has 0 aromatic carbocycles. The molecule has 0 bridgehead atoms. The highest BCUT2D eigenvalue weighted by atomic mass is 28.4. The average Bonchev–Trinajstić information content (AvgIpc) is 2.11. The van der Waals surface area contributed by atoms with Gasteiger partial charge in [-0.1, -0.05) is 39.8 Å². The average molecular weight is 242 g/mol. The quantitative estimate of drug-likeness (QED) is 0.416. The van der Waals surface area contributed by atoms with Crippen molar-refractivity contribution in [2.75, 3.05) is 0 Å². The predicted octanol–water partition coefficient (Wildman–Crippen LogP) is 3.79. The van der Waals surface area contributed by atoms with Gasteiger partial charge < -0.3 is 9.22 Å². The van der Waals surface area contributed by atoms with E-state index in [1.165, 1.54) is 0 Å². The minimum Gasteiger partial charge on any atom is -0.407 e. The Morgan fingerprint density at radius 3 is 2.06 bits per heavy atom. The summed E-state index contributed by atoms with van der Waals surface area (Å²) in [6.45, 7) is 18.7. The van der Waals surface area contributed by atoms with E-state index in [4.69, 9.17) is 4.43 Å². The molecule has 94 valence electrons. The number of rotatable bonds is 5. The van der Waals surface area contributed by atoms with E-state index in [1.54, 1.807) is 0 Å². The van der Waals surface area contributed by atoms with Gasteiger partial charge in [-0.05, 0) is 25.1 Å². The van der Waals surface area contributed by atoms with Crippen LogP contribution in [0.3, 0.4) is 0 Å². The minimum atomic E-state index is -1.87. The highest BCUT2D eigenvalue weighted by molar-refractivity contribution is 6.74. The lowest BCUT2D eigenvalue weighted by Gasteiger charge is -2.39. The van der Waals surface area contributed by atoms with E-state index in [0.29, 0.717) is 0 Å². The molecule has 0 amide bonds. The monoisotopic (exact) mass is 242 g/mol. The van der Waals surface area contributed by atoms with E-state index in [-0.39, 0.29) is 17.1 Å². The van der Waals surface area contributed by atoms with Gasteiger partial charge in [-0.15, -0.1) is 0 Å². The van der Waals surface area contributed by atoms with E-state index >= 15 is 0 Å². The van der Waals surface area contributed by atoms with Gasteiger partial charge in [0.05, 0.1) is 0 Å². The summed E-state index contributed by atoms with van der Waals surface area (Å²) in [4.78, 5) is 11.1. The van der Waals surface area contributed by atoms with Crippen LogP contribution in [-0.2, 0) is 9.22 Å². The Hall–Kier alpha value is -0.413. The van der Waals surface area contributed by atoms with Crippen LogP contribution < -0.4 is 0 Å². The molecule has 0 aliphatic rings. The SMILES string of the molecule is C=C(C)[C@@H](C)[C@H](C=O)O[Si](C)(C)C(C)(C)C. The zero-order valence-electron chi connectivity index (χ0n) is 11.8. The molecule has 0 heterocycles. The van der Waals surface area contributed by atoms with Crippen molar-refractivity contribution in [1.82, 2.24) is 0 Å². The molecule has 0 rings (SSSR count). The van der Waals surface area contributed by atoms with Gasteiger partial charge in [-0.25, -0.2) is 0 Å². The molecule has 16 heavy (non-hydrogen) atoms. The zero-order valence-corrected chi connectivity index (χ0v) is 12.8. The van der Waals surface area contributed by atoms with Crippen molar-refractivity contribution in [3.05, 3.63) is 12.2 Å². The van der Waals surface area contributed by atoms with Crippen molar-refractivity contribution in [2.45, 2.75) is 58.9 Å². The van der Waals surface area contributed by atoms with E-state index in [9.17, 15) is 4.79 Å². The van der Waals surface area contributed by atoms with Crippen LogP contribution in [0.25, 0.3) is 0 Å². The Bertz CT molecular complexity index is 264. The van der Waals surface area contributed by atoms with Gasteiger partial charge >= 0.3 is 0 Å². The summed E-state index contributed by atoms with van der Waals surface area (Å²) in [7, 11) is -1.87. The summed E-state index contributed by atoms with van der Waals surface area (Å²) < 4.78 is 6.08. The first-order valence-corrected chi connectivity index (χ1v) is 8.72. The first-order valence-electron chi connectivity index (χ1n) is 5.81. The fourth-order valence-electron chi connectivity index (χ4n) is 1.05. The topological polar surface area (TPSA) is 26.3 Å². The molecule has 0 saturated heterocycles. The van der Waals surface area contributed by atoms with Crippen molar-refractivity contribution >= 4 is 14.6 Å². The Morgan fingerprint density at radius 1 is 1.38 bits per heavy atom. The second-order valence-corrected chi connectivity index (χ2v) is 10.9. The molecular weight excluding hydrogens is 216 g/mol. The normalized spacial score (nSPS) is 16.7. The van der Waals surface area contributed by atoms with Crippen LogP contribution in [0.15, 0.2) is 12.2 Å². The Kier molecular flexibility index (Phi) is 5.14. The largest absolute Gasteiger partial charge is 0.407 e. The number of aldehydes is 1. The van der Waals surface area contributed by atoms with Crippen molar-refractivity contribution in [3.63, 3.8) is 0 Å². The smallest absolute Gasteiger partial charge is 0.193 e. The van der Waals surface area contributed by atoms with Crippen molar-refractivity contribution in [3.8, 4) is 0 Å². The maximum absolute atomic E-state index is 11.1. The van der Waals surface area contributed by atoms with Gasteiger partial charge in [0.15, 0.2) is 8.32 Å². The van der Waals surface area contributed by atoms with E-state index < -0.39 is 8.32 Å². The maximum Gasteiger partial charge on any atom is 0.193 e. The molecule has 2 atom stereocenters. The van der Waals surface area contributed by atoms with Crippen molar-refractivity contribution < 1.29 is 9.22 Å². The van der Waals surface area contributed by atoms with Crippen LogP contribution in [0.4, 0.5) is 0 Å². The summed E-state index contributed by atoms with van der Waals surface area (Å²) >= 11 is 0. The van der Waals surface area contributed by atoms with Gasteiger partial charge in [-0.2, -0.15) is 0 Å². The summed E-state index contributed by atoms with van der Waals surface area (Å²) in [5.41, 5.74) is 0.996. The second kappa shape index (κ2) is 5.28. The molecule has 0 N–H and O–H groups in total. The highest BCUT2D eigenvalue weighted by Crippen LogP contribution is 2.38. The molecule has 0 spiro atoms. The fourth-order valence-corrected chi connectivity index (χ4v) is 2.34. The molecule has 3 heteroatoms. The zero-order chi connectivity index (χ0) is 13.1. The highest BCUT2D eigenvalue weighted by Gasteiger charge is 2.40. The summed E-state index contributed by atoms with van der Waals surface area (Å²) in [6.07, 6.45) is 0.568. The molecule has 0 unspecified atom stereocenters. The summed E-state index contributed by atoms with van der Waals surface area (Å²) in [5.74, 6) is 0.0895. The Labute approximate surface area is 101 Å². The van der Waals surface area contributed by atoms with Crippen LogP contribution >= 0.6 is 0 Å². The van der Waals surface area contributed by atoms with Crippen molar-refractivity contribution in [2.24, 2.45) is 5.92 Å². The molecule has 0 aromatic heterocycles. The lowest BCUT2D eigenvalue weighted by atomic mass is 9.99. The molecule has 2 nitrogen and oxygen atoms in total. The van der Waals surface area contributed by atoms with E-state index in [2.05, 4.69) is 40.4 Å². The number of hydrogen-bond donors (Lipinski definition) is 0. The minimum absolute atomic E-state index is 0.0895. The number of hydrogen-bond acceptors (Lipinski definition) is 2. The molecule has 0 radical (unpaired) electrons. The Morgan fingerprint density at radius 2 is 1.81 bits per heavy atom. The Balaban J connectivity index is 4.80. The van der Waals surface area contributed by atoms with Gasteiger partial charge in [0.25, 0.3) is 0 Å². The first-order chi connectivity index (χ1) is 7.03. The van der Waals surface area contributed by atoms with Gasteiger partial charge in [0.2, 0.25) is 0 Å². The first kappa shape index (κ1) is 15.6. The molecular formula is C13H26O2Si. The van der Waals surface area contributed by atoms with Crippen LogP contribution in [0, 0.1) is 5.92 Å². The maximum atomic E-state index is 11.1. The molecule has 0 aliphatic carbocycles. The van der Waals surface area contributed by atoms with Crippen LogP contribution in [0.1, 0.15) is 34.6 Å². The standard InChI is InChI=1S/C13H26O2Si/c1-10(2)11(3)12(9-14)15-16(7,8)13(4,5)6/h9,11-12H,1H2,2-8H3/t11-,12+/m1/s1. The lowest BCUT2D eigenvalue weighted by Crippen LogP contribution is -2.46. The third-order valence-electron chi connectivity index (χ3n) is 3.64. The second-order valence-electron chi connectivity index (χ2n) is 6.11. The predicted molar refractivity (Wildman–Crippen MR) is 72.1 cm³/mol. The summed E-state index contributed by atoms with van der Waals surface area (Å²) in [5, 5.41) is 0.128.